The van der Waals surface area contributed by atoms with Gasteiger partial charge in [0.1, 0.15) is 0 Å². The van der Waals surface area contributed by atoms with Crippen molar-refractivity contribution in [2.24, 2.45) is 5.92 Å². The van der Waals surface area contributed by atoms with Gasteiger partial charge in [-0.05, 0) is 31.6 Å². The van der Waals surface area contributed by atoms with Crippen LogP contribution in [0.5, 0.6) is 5.88 Å². The Morgan fingerprint density at radius 3 is 3.05 bits per heavy atom. The average molecular weight is 265 g/mol. The lowest BCUT2D eigenvalue weighted by Gasteiger charge is -2.07. The Balaban J connectivity index is 1.58. The molecule has 1 fully saturated rings. The van der Waals surface area contributed by atoms with Gasteiger partial charge < -0.3 is 14.8 Å². The van der Waals surface area contributed by atoms with Gasteiger partial charge in [-0.2, -0.15) is 4.98 Å². The van der Waals surface area contributed by atoms with Crippen LogP contribution in [0.15, 0.2) is 12.3 Å². The van der Waals surface area contributed by atoms with Gasteiger partial charge in [0.15, 0.2) is 0 Å². The summed E-state index contributed by atoms with van der Waals surface area (Å²) in [6.45, 7) is 5.31. The summed E-state index contributed by atoms with van der Waals surface area (Å²) >= 11 is 0. The zero-order valence-electron chi connectivity index (χ0n) is 11.6. The zero-order chi connectivity index (χ0) is 13.3. The first kappa shape index (κ1) is 14.1. The predicted molar refractivity (Wildman–Crippen MR) is 74.5 cm³/mol. The van der Waals surface area contributed by atoms with Crippen molar-refractivity contribution in [2.75, 3.05) is 31.7 Å². The largest absolute Gasteiger partial charge is 0.478 e. The van der Waals surface area contributed by atoms with Crippen LogP contribution in [0, 0.1) is 5.92 Å². The number of aromatic nitrogens is 2. The summed E-state index contributed by atoms with van der Waals surface area (Å²) in [4.78, 5) is 8.44. The number of anilines is 1. The lowest BCUT2D eigenvalue weighted by atomic mass is 10.4. The molecule has 1 saturated carbocycles. The maximum atomic E-state index is 5.57. The number of hydrogen-bond acceptors (Lipinski definition) is 5. The van der Waals surface area contributed by atoms with Gasteiger partial charge >= 0.3 is 0 Å². The minimum atomic E-state index is 0.621. The van der Waals surface area contributed by atoms with Crippen LogP contribution in [0.1, 0.15) is 32.6 Å². The molecule has 1 N–H and O–H groups in total. The molecule has 5 nitrogen and oxygen atoms in total. The van der Waals surface area contributed by atoms with E-state index in [4.69, 9.17) is 9.47 Å². The van der Waals surface area contributed by atoms with Crippen molar-refractivity contribution in [3.63, 3.8) is 0 Å². The van der Waals surface area contributed by atoms with E-state index in [0.29, 0.717) is 18.4 Å². The Morgan fingerprint density at radius 2 is 2.26 bits per heavy atom. The summed E-state index contributed by atoms with van der Waals surface area (Å²) in [5, 5.41) is 3.18. The van der Waals surface area contributed by atoms with E-state index in [9.17, 15) is 0 Å². The van der Waals surface area contributed by atoms with Crippen molar-refractivity contribution < 1.29 is 9.47 Å². The average Bonchev–Trinajstić information content (AvgIpc) is 3.25. The molecule has 106 valence electrons. The van der Waals surface area contributed by atoms with Crippen molar-refractivity contribution in [1.82, 2.24) is 9.97 Å². The SMILES string of the molecule is CCCOc1ccnc(NCCCOCC2CC2)n1. The van der Waals surface area contributed by atoms with Crippen LogP contribution in [0.2, 0.25) is 0 Å². The van der Waals surface area contributed by atoms with Gasteiger partial charge in [0.05, 0.1) is 6.61 Å². The molecule has 1 aliphatic carbocycles. The van der Waals surface area contributed by atoms with E-state index in [1.54, 1.807) is 12.3 Å². The third-order valence-electron chi connectivity index (χ3n) is 2.88. The standard InChI is InChI=1S/C14H23N3O2/c1-2-9-19-13-6-8-16-14(17-13)15-7-3-10-18-11-12-4-5-12/h6,8,12H,2-5,7,9-11H2,1H3,(H,15,16,17). The van der Waals surface area contributed by atoms with Crippen LogP contribution in [0.25, 0.3) is 0 Å². The minimum absolute atomic E-state index is 0.621. The molecule has 0 aliphatic heterocycles. The fourth-order valence-electron chi connectivity index (χ4n) is 1.62. The Labute approximate surface area is 114 Å². The van der Waals surface area contributed by atoms with Crippen LogP contribution in [-0.2, 0) is 4.74 Å². The summed E-state index contributed by atoms with van der Waals surface area (Å²) in [6, 6.07) is 1.78. The van der Waals surface area contributed by atoms with Crippen molar-refractivity contribution in [3.8, 4) is 5.88 Å². The minimum Gasteiger partial charge on any atom is -0.478 e. The molecule has 0 atom stereocenters. The zero-order valence-corrected chi connectivity index (χ0v) is 11.6. The highest BCUT2D eigenvalue weighted by molar-refractivity contribution is 5.27. The summed E-state index contributed by atoms with van der Waals surface area (Å²) in [5.41, 5.74) is 0. The maximum Gasteiger partial charge on any atom is 0.225 e. The van der Waals surface area contributed by atoms with E-state index >= 15 is 0 Å². The molecule has 1 aromatic heterocycles. The van der Waals surface area contributed by atoms with E-state index in [1.165, 1.54) is 12.8 Å². The molecule has 1 aromatic rings. The maximum absolute atomic E-state index is 5.57. The summed E-state index contributed by atoms with van der Waals surface area (Å²) < 4.78 is 11.0. The van der Waals surface area contributed by atoms with E-state index in [2.05, 4.69) is 22.2 Å². The van der Waals surface area contributed by atoms with Crippen LogP contribution >= 0.6 is 0 Å². The van der Waals surface area contributed by atoms with Gasteiger partial charge in [0, 0.05) is 32.0 Å². The summed E-state index contributed by atoms with van der Waals surface area (Å²) in [5.74, 6) is 2.09. The van der Waals surface area contributed by atoms with E-state index in [-0.39, 0.29) is 0 Å². The normalized spacial score (nSPS) is 14.4. The Hall–Kier alpha value is -1.36. The van der Waals surface area contributed by atoms with E-state index in [1.807, 2.05) is 0 Å². The quantitative estimate of drug-likeness (QED) is 0.659. The molecular weight excluding hydrogens is 242 g/mol. The molecule has 0 spiro atoms. The Kier molecular flexibility index (Phi) is 5.88. The third-order valence-corrected chi connectivity index (χ3v) is 2.88. The molecule has 0 amide bonds. The molecule has 1 heterocycles. The van der Waals surface area contributed by atoms with Crippen LogP contribution in [0.3, 0.4) is 0 Å². The van der Waals surface area contributed by atoms with E-state index < -0.39 is 0 Å². The first-order chi connectivity index (χ1) is 9.38. The predicted octanol–water partition coefficient (Wildman–Crippen LogP) is 2.49. The third kappa shape index (κ3) is 5.87. The highest BCUT2D eigenvalue weighted by Crippen LogP contribution is 2.28. The molecule has 0 aromatic carbocycles. The first-order valence-corrected chi connectivity index (χ1v) is 7.16. The molecule has 0 radical (unpaired) electrons. The van der Waals surface area contributed by atoms with Crippen molar-refractivity contribution in [2.45, 2.75) is 32.6 Å². The second-order valence-corrected chi connectivity index (χ2v) is 4.87. The van der Waals surface area contributed by atoms with Crippen molar-refractivity contribution in [3.05, 3.63) is 12.3 Å². The highest BCUT2D eigenvalue weighted by atomic mass is 16.5. The molecule has 19 heavy (non-hydrogen) atoms. The van der Waals surface area contributed by atoms with Crippen LogP contribution in [0.4, 0.5) is 5.95 Å². The second-order valence-electron chi connectivity index (χ2n) is 4.87. The van der Waals surface area contributed by atoms with Gasteiger partial charge in [-0.3, -0.25) is 0 Å². The fourth-order valence-corrected chi connectivity index (χ4v) is 1.62. The van der Waals surface area contributed by atoms with Gasteiger partial charge in [0.2, 0.25) is 11.8 Å². The number of ether oxygens (including phenoxy) is 2. The summed E-state index contributed by atoms with van der Waals surface area (Å²) in [7, 11) is 0. The summed E-state index contributed by atoms with van der Waals surface area (Å²) in [6.07, 6.45) is 6.35. The molecule has 0 saturated heterocycles. The number of nitrogens with one attached hydrogen (secondary N) is 1. The number of rotatable bonds is 10. The Morgan fingerprint density at radius 1 is 1.37 bits per heavy atom. The monoisotopic (exact) mass is 265 g/mol. The number of hydrogen-bond donors (Lipinski definition) is 1. The van der Waals surface area contributed by atoms with Gasteiger partial charge in [0.25, 0.3) is 0 Å². The number of nitrogens with zero attached hydrogens (tertiary/aromatic N) is 2. The van der Waals surface area contributed by atoms with Gasteiger partial charge in [-0.1, -0.05) is 6.92 Å². The molecule has 2 rings (SSSR count). The molecule has 5 heteroatoms. The van der Waals surface area contributed by atoms with Crippen molar-refractivity contribution in [1.29, 1.82) is 0 Å². The van der Waals surface area contributed by atoms with Crippen LogP contribution in [-0.4, -0.2) is 36.3 Å². The smallest absolute Gasteiger partial charge is 0.225 e. The molecule has 0 bridgehead atoms. The van der Waals surface area contributed by atoms with Gasteiger partial charge in [-0.15, -0.1) is 0 Å². The first-order valence-electron chi connectivity index (χ1n) is 7.16. The topological polar surface area (TPSA) is 56.3 Å². The van der Waals surface area contributed by atoms with Gasteiger partial charge in [-0.25, -0.2) is 4.98 Å². The highest BCUT2D eigenvalue weighted by Gasteiger charge is 2.20. The molecular formula is C14H23N3O2. The molecule has 1 aliphatic rings. The lowest BCUT2D eigenvalue weighted by Crippen LogP contribution is -2.09. The lowest BCUT2D eigenvalue weighted by molar-refractivity contribution is 0.124. The van der Waals surface area contributed by atoms with E-state index in [0.717, 1.165) is 38.5 Å². The Bertz CT molecular complexity index is 369. The van der Waals surface area contributed by atoms with Crippen molar-refractivity contribution >= 4 is 5.95 Å². The fraction of sp³-hybridized carbons (Fsp3) is 0.714. The molecule has 0 unspecified atom stereocenters. The second kappa shape index (κ2) is 7.94. The van der Waals surface area contributed by atoms with Crippen LogP contribution < -0.4 is 10.1 Å².